The van der Waals surface area contributed by atoms with Crippen LogP contribution in [0.4, 0.5) is 5.69 Å². The first-order valence-electron chi connectivity index (χ1n) is 8.61. The summed E-state index contributed by atoms with van der Waals surface area (Å²) in [6.07, 6.45) is 1.70. The quantitative estimate of drug-likeness (QED) is 0.210. The van der Waals surface area contributed by atoms with Crippen LogP contribution in [0.15, 0.2) is 57.9 Å². The molecule has 0 amide bonds. The molecule has 4 nitrogen and oxygen atoms in total. The number of halogens is 2. The topological polar surface area (TPSA) is 58.6 Å². The lowest BCUT2D eigenvalue weighted by Gasteiger charge is -2.06. The van der Waals surface area contributed by atoms with Gasteiger partial charge in [0.25, 0.3) is 0 Å². The summed E-state index contributed by atoms with van der Waals surface area (Å²) in [6.45, 7) is 4.04. The maximum Gasteiger partial charge on any atom is 0.227 e. The average molecular weight is 594 g/mol. The minimum Gasteiger partial charge on any atom is -0.506 e. The fourth-order valence-electron chi connectivity index (χ4n) is 2.97. The number of aromatic hydroxyl groups is 1. The first-order valence-corrected chi connectivity index (χ1v) is 10.8. The summed E-state index contributed by atoms with van der Waals surface area (Å²) in [5.41, 5.74) is 6.15. The number of oxazole rings is 1. The smallest absolute Gasteiger partial charge is 0.227 e. The zero-order valence-corrected chi connectivity index (χ0v) is 19.5. The predicted molar refractivity (Wildman–Crippen MR) is 130 cm³/mol. The lowest BCUT2D eigenvalue weighted by molar-refractivity contribution is 0.470. The van der Waals surface area contributed by atoms with E-state index >= 15 is 0 Å². The number of rotatable bonds is 3. The summed E-state index contributed by atoms with van der Waals surface area (Å²) >= 11 is 4.35. The number of aliphatic imine (C=N–C) groups is 1. The van der Waals surface area contributed by atoms with Gasteiger partial charge < -0.3 is 9.52 Å². The van der Waals surface area contributed by atoms with Gasteiger partial charge in [0.05, 0.1) is 9.26 Å². The van der Waals surface area contributed by atoms with Gasteiger partial charge in [-0.2, -0.15) is 0 Å². The minimum absolute atomic E-state index is 0.243. The van der Waals surface area contributed by atoms with E-state index in [-0.39, 0.29) is 5.75 Å². The second-order valence-corrected chi connectivity index (χ2v) is 8.93. The first kappa shape index (κ1) is 19.4. The Balaban J connectivity index is 1.74. The van der Waals surface area contributed by atoms with E-state index in [0.717, 1.165) is 40.6 Å². The van der Waals surface area contributed by atoms with Crippen molar-refractivity contribution in [1.82, 2.24) is 4.98 Å². The van der Waals surface area contributed by atoms with E-state index in [2.05, 4.69) is 55.2 Å². The van der Waals surface area contributed by atoms with Gasteiger partial charge in [0.1, 0.15) is 11.3 Å². The zero-order chi connectivity index (χ0) is 19.8. The van der Waals surface area contributed by atoms with Crippen LogP contribution in [0.2, 0.25) is 0 Å². The van der Waals surface area contributed by atoms with Gasteiger partial charge in [-0.1, -0.05) is 12.1 Å². The van der Waals surface area contributed by atoms with E-state index in [1.807, 2.05) is 62.4 Å². The highest BCUT2D eigenvalue weighted by molar-refractivity contribution is 14.1. The molecule has 0 fully saturated rings. The highest BCUT2D eigenvalue weighted by Gasteiger charge is 2.13. The van der Waals surface area contributed by atoms with Crippen molar-refractivity contribution >= 4 is 68.2 Å². The number of phenols is 1. The third-order valence-electron chi connectivity index (χ3n) is 4.48. The largest absolute Gasteiger partial charge is 0.506 e. The molecule has 140 valence electrons. The summed E-state index contributed by atoms with van der Waals surface area (Å²) in [5, 5.41) is 10.3. The molecule has 4 rings (SSSR count). The summed E-state index contributed by atoms with van der Waals surface area (Å²) in [5.74, 6) is 0.828. The lowest BCUT2D eigenvalue weighted by atomic mass is 10.1. The van der Waals surface area contributed by atoms with Crippen molar-refractivity contribution in [3.8, 4) is 17.2 Å². The van der Waals surface area contributed by atoms with E-state index in [9.17, 15) is 5.11 Å². The highest BCUT2D eigenvalue weighted by atomic mass is 127. The fraction of sp³-hybridized carbons (Fsp3) is 0.0909. The summed E-state index contributed by atoms with van der Waals surface area (Å²) in [6, 6.07) is 15.7. The van der Waals surface area contributed by atoms with Crippen molar-refractivity contribution < 1.29 is 9.52 Å². The van der Waals surface area contributed by atoms with Gasteiger partial charge in [-0.15, -0.1) is 0 Å². The van der Waals surface area contributed by atoms with Crippen molar-refractivity contribution in [3.63, 3.8) is 0 Å². The summed E-state index contributed by atoms with van der Waals surface area (Å²) in [4.78, 5) is 9.25. The van der Waals surface area contributed by atoms with Crippen LogP contribution in [0.1, 0.15) is 16.7 Å². The van der Waals surface area contributed by atoms with Crippen molar-refractivity contribution in [2.24, 2.45) is 4.99 Å². The molecule has 0 atom stereocenters. The van der Waals surface area contributed by atoms with Gasteiger partial charge in [-0.25, -0.2) is 4.98 Å². The van der Waals surface area contributed by atoms with Gasteiger partial charge in [0.2, 0.25) is 5.89 Å². The van der Waals surface area contributed by atoms with E-state index in [1.54, 1.807) is 6.21 Å². The number of benzene rings is 3. The Labute approximate surface area is 190 Å². The molecular formula is C22H16I2N2O2. The Morgan fingerprint density at radius 3 is 2.71 bits per heavy atom. The minimum atomic E-state index is 0.243. The molecule has 0 spiro atoms. The molecule has 4 aromatic rings. The van der Waals surface area contributed by atoms with Crippen LogP contribution in [0.25, 0.3) is 22.6 Å². The molecule has 0 unspecified atom stereocenters. The van der Waals surface area contributed by atoms with Gasteiger partial charge in [0, 0.05) is 20.9 Å². The highest BCUT2D eigenvalue weighted by Crippen LogP contribution is 2.32. The predicted octanol–water partition coefficient (Wildman–Crippen LogP) is 6.78. The molecule has 1 N–H and O–H groups in total. The molecule has 3 aromatic carbocycles. The molecule has 0 radical (unpaired) electrons. The fourth-order valence-corrected chi connectivity index (χ4v) is 4.86. The van der Waals surface area contributed by atoms with Gasteiger partial charge in [-0.3, -0.25) is 4.99 Å². The number of aromatic nitrogens is 1. The second kappa shape index (κ2) is 7.82. The number of phenolic OH excluding ortho intramolecular Hbond substituents is 1. The summed E-state index contributed by atoms with van der Waals surface area (Å²) in [7, 11) is 0. The second-order valence-electron chi connectivity index (χ2n) is 6.52. The Morgan fingerprint density at radius 2 is 1.89 bits per heavy atom. The summed E-state index contributed by atoms with van der Waals surface area (Å²) < 4.78 is 7.81. The monoisotopic (exact) mass is 594 g/mol. The molecular weight excluding hydrogens is 578 g/mol. The maximum atomic E-state index is 10.3. The molecule has 0 saturated carbocycles. The molecule has 28 heavy (non-hydrogen) atoms. The van der Waals surface area contributed by atoms with E-state index in [4.69, 9.17) is 4.42 Å². The van der Waals surface area contributed by atoms with Crippen LogP contribution in [0.3, 0.4) is 0 Å². The Morgan fingerprint density at radius 1 is 1.07 bits per heavy atom. The third-order valence-corrected chi connectivity index (χ3v) is 5.92. The Kier molecular flexibility index (Phi) is 5.42. The van der Waals surface area contributed by atoms with Crippen LogP contribution in [0, 0.1) is 21.0 Å². The number of aryl methyl sites for hydroxylation is 1. The van der Waals surface area contributed by atoms with Crippen molar-refractivity contribution in [2.75, 3.05) is 0 Å². The van der Waals surface area contributed by atoms with E-state index < -0.39 is 0 Å². The van der Waals surface area contributed by atoms with Crippen molar-refractivity contribution in [1.29, 1.82) is 0 Å². The molecule has 0 aliphatic carbocycles. The van der Waals surface area contributed by atoms with Crippen LogP contribution in [-0.2, 0) is 0 Å². The molecule has 0 aliphatic heterocycles. The van der Waals surface area contributed by atoms with Gasteiger partial charge in [-0.05, 0) is 107 Å². The molecule has 0 aliphatic rings. The lowest BCUT2D eigenvalue weighted by Crippen LogP contribution is -1.89. The standard InChI is InChI=1S/C22H16I2N2O2/c1-12-6-7-20-19(8-12)26-22(28-20)16-4-3-5-18(13(16)2)25-11-14-9-15(23)10-17(24)21(14)27/h3-11,27H,1-2H3. The number of nitrogens with zero attached hydrogens (tertiary/aromatic N) is 2. The van der Waals surface area contributed by atoms with Crippen LogP contribution in [0.5, 0.6) is 5.75 Å². The molecule has 0 bridgehead atoms. The van der Waals surface area contributed by atoms with Gasteiger partial charge in [0.15, 0.2) is 5.58 Å². The molecule has 1 aromatic heterocycles. The maximum absolute atomic E-state index is 10.3. The number of hydrogen-bond donors (Lipinski definition) is 1. The first-order chi connectivity index (χ1) is 13.4. The van der Waals surface area contributed by atoms with Crippen LogP contribution < -0.4 is 0 Å². The molecule has 1 heterocycles. The zero-order valence-electron chi connectivity index (χ0n) is 15.2. The Bertz CT molecular complexity index is 1230. The number of fused-ring (bicyclic) bond motifs is 1. The van der Waals surface area contributed by atoms with Gasteiger partial charge >= 0.3 is 0 Å². The average Bonchev–Trinajstić information content (AvgIpc) is 3.07. The number of hydrogen-bond acceptors (Lipinski definition) is 4. The Hall–Kier alpha value is -1.94. The SMILES string of the molecule is Cc1ccc2oc(-c3cccc(N=Cc4cc(I)cc(I)c4O)c3C)nc2c1. The van der Waals surface area contributed by atoms with Crippen LogP contribution in [-0.4, -0.2) is 16.3 Å². The van der Waals surface area contributed by atoms with E-state index in [0.29, 0.717) is 11.5 Å². The van der Waals surface area contributed by atoms with Crippen LogP contribution >= 0.6 is 45.2 Å². The van der Waals surface area contributed by atoms with Crippen molar-refractivity contribution in [2.45, 2.75) is 13.8 Å². The van der Waals surface area contributed by atoms with Crippen molar-refractivity contribution in [3.05, 3.63) is 72.4 Å². The third kappa shape index (κ3) is 3.80. The molecule has 6 heteroatoms. The normalized spacial score (nSPS) is 11.6. The van der Waals surface area contributed by atoms with E-state index in [1.165, 1.54) is 0 Å². The molecule has 0 saturated heterocycles.